The minimum Gasteiger partial charge on any atom is -0.372 e. The SMILES string of the molecule is C[C@H]1Nc2c(cccc2C(C)(C)CCNC(=O)c2c[nH]c3ncc(C(C)(C)C)nc23)NC1=O. The summed E-state index contributed by atoms with van der Waals surface area (Å²) in [5.41, 5.74) is 4.99. The molecule has 0 aliphatic carbocycles. The molecule has 2 amide bonds. The van der Waals surface area contributed by atoms with Gasteiger partial charge < -0.3 is 20.9 Å². The molecule has 3 heterocycles. The van der Waals surface area contributed by atoms with Crippen LogP contribution in [0, 0.1) is 0 Å². The molecule has 0 bridgehead atoms. The number of carbonyl (C=O) groups is 2. The molecule has 1 aromatic carbocycles. The third-order valence-electron chi connectivity index (χ3n) is 6.24. The number of nitrogens with one attached hydrogen (secondary N) is 4. The molecular formula is C25H32N6O2. The molecule has 4 N–H and O–H groups in total. The Bertz CT molecular complexity index is 1220. The zero-order chi connectivity index (χ0) is 24.0. The summed E-state index contributed by atoms with van der Waals surface area (Å²) in [4.78, 5) is 37.1. The number of para-hydroxylation sites is 1. The lowest BCUT2D eigenvalue weighted by molar-refractivity contribution is -0.116. The maximum atomic E-state index is 13.0. The van der Waals surface area contributed by atoms with Gasteiger partial charge in [0, 0.05) is 18.2 Å². The molecule has 4 rings (SSSR count). The van der Waals surface area contributed by atoms with Gasteiger partial charge in [-0.2, -0.15) is 0 Å². The van der Waals surface area contributed by atoms with Crippen molar-refractivity contribution in [1.82, 2.24) is 20.3 Å². The van der Waals surface area contributed by atoms with Gasteiger partial charge in [-0.15, -0.1) is 0 Å². The number of hydrogen-bond acceptors (Lipinski definition) is 5. The summed E-state index contributed by atoms with van der Waals surface area (Å²) < 4.78 is 0. The molecule has 1 aliphatic rings. The molecule has 3 aromatic rings. The summed E-state index contributed by atoms with van der Waals surface area (Å²) in [7, 11) is 0. The molecule has 0 saturated carbocycles. The molecule has 2 aromatic heterocycles. The molecule has 1 atom stereocenters. The number of hydrogen-bond donors (Lipinski definition) is 4. The van der Waals surface area contributed by atoms with E-state index < -0.39 is 0 Å². The van der Waals surface area contributed by atoms with Crippen molar-refractivity contribution in [3.05, 3.63) is 47.4 Å². The first-order valence-corrected chi connectivity index (χ1v) is 11.3. The van der Waals surface area contributed by atoms with Crippen molar-refractivity contribution in [2.24, 2.45) is 0 Å². The Morgan fingerprint density at radius 2 is 1.94 bits per heavy atom. The average molecular weight is 449 g/mol. The predicted octanol–water partition coefficient (Wildman–Crippen LogP) is 4.11. The summed E-state index contributed by atoms with van der Waals surface area (Å²) in [5.74, 6) is -0.215. The number of fused-ring (bicyclic) bond motifs is 2. The fraction of sp³-hybridized carbons (Fsp3) is 0.440. The van der Waals surface area contributed by atoms with E-state index in [0.29, 0.717) is 23.3 Å². The number of nitrogens with zero attached hydrogens (tertiary/aromatic N) is 2. The van der Waals surface area contributed by atoms with Crippen LogP contribution in [0.5, 0.6) is 0 Å². The van der Waals surface area contributed by atoms with Crippen molar-refractivity contribution >= 4 is 34.4 Å². The van der Waals surface area contributed by atoms with Gasteiger partial charge in [-0.05, 0) is 30.4 Å². The van der Waals surface area contributed by atoms with E-state index in [1.165, 1.54) is 0 Å². The van der Waals surface area contributed by atoms with Crippen LogP contribution in [0.1, 0.15) is 69.6 Å². The molecule has 174 valence electrons. The van der Waals surface area contributed by atoms with E-state index >= 15 is 0 Å². The van der Waals surface area contributed by atoms with Gasteiger partial charge >= 0.3 is 0 Å². The maximum Gasteiger partial charge on any atom is 0.255 e. The Hall–Kier alpha value is -3.42. The van der Waals surface area contributed by atoms with Crippen molar-refractivity contribution < 1.29 is 9.59 Å². The van der Waals surface area contributed by atoms with E-state index in [2.05, 4.69) is 66.6 Å². The number of aromatic nitrogens is 3. The van der Waals surface area contributed by atoms with Crippen LogP contribution < -0.4 is 16.0 Å². The van der Waals surface area contributed by atoms with Crippen molar-refractivity contribution in [2.45, 2.75) is 64.8 Å². The monoisotopic (exact) mass is 448 g/mol. The minimum atomic E-state index is -0.296. The van der Waals surface area contributed by atoms with Gasteiger partial charge in [-0.25, -0.2) is 9.97 Å². The average Bonchev–Trinajstić information content (AvgIpc) is 3.17. The van der Waals surface area contributed by atoms with Gasteiger partial charge in [0.2, 0.25) is 5.91 Å². The number of benzene rings is 1. The second-order valence-corrected chi connectivity index (χ2v) is 10.4. The lowest BCUT2D eigenvalue weighted by Crippen LogP contribution is -2.38. The number of carbonyl (C=O) groups excluding carboxylic acids is 2. The Balaban J connectivity index is 1.48. The van der Waals surface area contributed by atoms with Crippen LogP contribution in [-0.4, -0.2) is 39.4 Å². The lowest BCUT2D eigenvalue weighted by atomic mass is 9.79. The topological polar surface area (TPSA) is 112 Å². The maximum absolute atomic E-state index is 13.0. The summed E-state index contributed by atoms with van der Waals surface area (Å²) in [6.07, 6.45) is 4.14. The molecule has 1 aliphatic heterocycles. The van der Waals surface area contributed by atoms with Crippen LogP contribution in [0.15, 0.2) is 30.6 Å². The van der Waals surface area contributed by atoms with E-state index in [1.54, 1.807) is 12.4 Å². The smallest absolute Gasteiger partial charge is 0.255 e. The summed E-state index contributed by atoms with van der Waals surface area (Å²) in [6.45, 7) is 12.8. The first kappa shape index (κ1) is 22.8. The molecule has 33 heavy (non-hydrogen) atoms. The first-order chi connectivity index (χ1) is 15.5. The van der Waals surface area contributed by atoms with Crippen molar-refractivity contribution in [3.8, 4) is 0 Å². The van der Waals surface area contributed by atoms with Crippen LogP contribution >= 0.6 is 0 Å². The zero-order valence-electron chi connectivity index (χ0n) is 20.1. The highest BCUT2D eigenvalue weighted by atomic mass is 16.2. The number of aromatic amines is 1. The number of rotatable bonds is 5. The van der Waals surface area contributed by atoms with Crippen molar-refractivity contribution in [3.63, 3.8) is 0 Å². The highest BCUT2D eigenvalue weighted by molar-refractivity contribution is 6.04. The standard InChI is InChI=1S/C25H32N6O2/c1-14-22(32)30-17-9-7-8-16(20(17)29-14)25(5,6)10-11-26-23(33)15-12-27-21-19(15)31-18(13-28-21)24(2,3)4/h7-9,12-14,29H,10-11H2,1-6H3,(H,26,33)(H,27,28)(H,30,32)/t14-/m1/s1. The van der Waals surface area contributed by atoms with Gasteiger partial charge in [0.1, 0.15) is 11.6 Å². The minimum absolute atomic E-state index is 0.0406. The highest BCUT2D eigenvalue weighted by Crippen LogP contribution is 2.39. The van der Waals surface area contributed by atoms with E-state index in [1.807, 2.05) is 19.1 Å². The van der Waals surface area contributed by atoms with Crippen molar-refractivity contribution in [2.75, 3.05) is 17.2 Å². The molecule has 0 saturated heterocycles. The lowest BCUT2D eigenvalue weighted by Gasteiger charge is -2.33. The Morgan fingerprint density at radius 1 is 1.18 bits per heavy atom. The van der Waals surface area contributed by atoms with E-state index in [4.69, 9.17) is 4.98 Å². The van der Waals surface area contributed by atoms with Crippen LogP contribution in [0.25, 0.3) is 11.2 Å². The molecule has 0 spiro atoms. The fourth-order valence-corrected chi connectivity index (χ4v) is 4.04. The summed E-state index contributed by atoms with van der Waals surface area (Å²) in [6, 6.07) is 5.62. The Labute approximate surface area is 194 Å². The van der Waals surface area contributed by atoms with E-state index in [0.717, 1.165) is 29.1 Å². The summed E-state index contributed by atoms with van der Waals surface area (Å²) >= 11 is 0. The molecule has 0 radical (unpaired) electrons. The number of amides is 2. The zero-order valence-corrected chi connectivity index (χ0v) is 20.1. The number of anilines is 2. The van der Waals surface area contributed by atoms with Gasteiger partial charge in [0.15, 0.2) is 5.65 Å². The fourth-order valence-electron chi connectivity index (χ4n) is 4.04. The summed E-state index contributed by atoms with van der Waals surface area (Å²) in [5, 5.41) is 9.32. The quantitative estimate of drug-likeness (QED) is 0.469. The van der Waals surface area contributed by atoms with Gasteiger partial charge in [0.25, 0.3) is 5.91 Å². The van der Waals surface area contributed by atoms with E-state index in [9.17, 15) is 9.59 Å². The molecule has 0 fully saturated rings. The van der Waals surface area contributed by atoms with Gasteiger partial charge in [-0.1, -0.05) is 46.8 Å². The van der Waals surface area contributed by atoms with Gasteiger partial charge in [0.05, 0.1) is 28.8 Å². The molecule has 8 heteroatoms. The van der Waals surface area contributed by atoms with Gasteiger partial charge in [-0.3, -0.25) is 9.59 Å². The van der Waals surface area contributed by atoms with Crippen LogP contribution in [0.4, 0.5) is 11.4 Å². The molecular weight excluding hydrogens is 416 g/mol. The largest absolute Gasteiger partial charge is 0.372 e. The highest BCUT2D eigenvalue weighted by Gasteiger charge is 2.30. The first-order valence-electron chi connectivity index (χ1n) is 11.3. The second-order valence-electron chi connectivity index (χ2n) is 10.4. The Morgan fingerprint density at radius 3 is 2.67 bits per heavy atom. The van der Waals surface area contributed by atoms with Crippen molar-refractivity contribution in [1.29, 1.82) is 0 Å². The van der Waals surface area contributed by atoms with Crippen LogP contribution in [0.3, 0.4) is 0 Å². The van der Waals surface area contributed by atoms with Crippen LogP contribution in [-0.2, 0) is 15.6 Å². The van der Waals surface area contributed by atoms with E-state index in [-0.39, 0.29) is 28.7 Å². The number of H-pyrrole nitrogens is 1. The second kappa shape index (κ2) is 8.17. The normalized spacial score (nSPS) is 16.2. The predicted molar refractivity (Wildman–Crippen MR) is 131 cm³/mol. The third kappa shape index (κ3) is 4.42. The molecule has 8 nitrogen and oxygen atoms in total. The molecule has 0 unspecified atom stereocenters. The third-order valence-corrected chi connectivity index (χ3v) is 6.24. The van der Waals surface area contributed by atoms with Crippen LogP contribution in [0.2, 0.25) is 0 Å². The Kier molecular flexibility index (Phi) is 5.64.